The van der Waals surface area contributed by atoms with Gasteiger partial charge >= 0.3 is 0 Å². The predicted molar refractivity (Wildman–Crippen MR) is 47.2 cm³/mol. The van der Waals surface area contributed by atoms with Gasteiger partial charge in [-0.15, -0.1) is 0 Å². The summed E-state index contributed by atoms with van der Waals surface area (Å²) in [5.74, 6) is 0.214. The maximum Gasteiger partial charge on any atom is 0.134 e. The first kappa shape index (κ1) is 11.8. The maximum absolute atomic E-state index is 10.6. The third-order valence-corrected chi connectivity index (χ3v) is 1.30. The molecule has 0 unspecified atom stereocenters. The molecule has 0 bridgehead atoms. The molecule has 4 nitrogen and oxygen atoms in total. The van der Waals surface area contributed by atoms with Crippen LogP contribution in [0.25, 0.3) is 0 Å². The summed E-state index contributed by atoms with van der Waals surface area (Å²) in [5.41, 5.74) is 1.09. The van der Waals surface area contributed by atoms with Crippen LogP contribution in [0.3, 0.4) is 0 Å². The Labute approximate surface area is 76.3 Å². The Hall–Kier alpha value is -1.23. The van der Waals surface area contributed by atoms with Crippen LogP contribution in [0.5, 0.6) is 0 Å². The van der Waals surface area contributed by atoms with Gasteiger partial charge in [-0.05, 0) is 12.5 Å². The minimum Gasteiger partial charge on any atom is -0.300 e. The number of rotatable bonds is 2. The minimum atomic E-state index is 0.214. The molecule has 0 atom stereocenters. The van der Waals surface area contributed by atoms with Crippen molar-refractivity contribution in [3.8, 4) is 0 Å². The summed E-state index contributed by atoms with van der Waals surface area (Å²) in [6, 6.07) is 9.75. The number of hydrogen-bond donors (Lipinski definition) is 2. The van der Waals surface area contributed by atoms with E-state index >= 15 is 0 Å². The second-order valence-corrected chi connectivity index (χ2v) is 2.45. The van der Waals surface area contributed by atoms with Crippen LogP contribution in [-0.4, -0.2) is 16.3 Å². The van der Waals surface area contributed by atoms with Crippen molar-refractivity contribution in [1.29, 1.82) is 0 Å². The Morgan fingerprint density at radius 2 is 1.77 bits per heavy atom. The zero-order chi connectivity index (χ0) is 10.1. The Kier molecular flexibility index (Phi) is 6.72. The van der Waals surface area contributed by atoms with E-state index in [9.17, 15) is 4.79 Å². The van der Waals surface area contributed by atoms with Gasteiger partial charge in [0.05, 0.1) is 0 Å². The van der Waals surface area contributed by atoms with Crippen molar-refractivity contribution in [3.63, 3.8) is 0 Å². The molecule has 2 N–H and O–H groups in total. The van der Waals surface area contributed by atoms with E-state index in [2.05, 4.69) is 5.04 Å². The molecule has 1 aromatic carbocycles. The first-order chi connectivity index (χ1) is 6.20. The van der Waals surface area contributed by atoms with Gasteiger partial charge in [0, 0.05) is 6.42 Å². The van der Waals surface area contributed by atoms with Crippen molar-refractivity contribution >= 4 is 5.78 Å². The Balaban J connectivity index is 0.000000424. The molecule has 4 heteroatoms. The Morgan fingerprint density at radius 3 is 2.15 bits per heavy atom. The third-order valence-electron chi connectivity index (χ3n) is 1.30. The second kappa shape index (κ2) is 7.42. The van der Waals surface area contributed by atoms with Gasteiger partial charge in [0.15, 0.2) is 0 Å². The van der Waals surface area contributed by atoms with Crippen molar-refractivity contribution in [2.45, 2.75) is 13.3 Å². The lowest BCUT2D eigenvalue weighted by molar-refractivity contribution is -0.465. The average Bonchev–Trinajstić information content (AvgIpc) is 2.06. The molecular weight excluding hydrogens is 172 g/mol. The zero-order valence-electron chi connectivity index (χ0n) is 7.30. The first-order valence-corrected chi connectivity index (χ1v) is 3.69. The van der Waals surface area contributed by atoms with Crippen molar-refractivity contribution in [2.24, 2.45) is 0 Å². The average molecular weight is 184 g/mol. The van der Waals surface area contributed by atoms with E-state index < -0.39 is 0 Å². The van der Waals surface area contributed by atoms with E-state index in [-0.39, 0.29) is 5.78 Å². The van der Waals surface area contributed by atoms with E-state index in [1.807, 2.05) is 30.3 Å². The molecule has 0 heterocycles. The molecule has 0 amide bonds. The molecule has 0 fully saturated rings. The molecule has 0 aliphatic carbocycles. The van der Waals surface area contributed by atoms with Gasteiger partial charge in [-0.1, -0.05) is 35.4 Å². The monoisotopic (exact) mass is 184 g/mol. The Bertz CT molecular complexity index is 233. The largest absolute Gasteiger partial charge is 0.300 e. The van der Waals surface area contributed by atoms with E-state index in [1.165, 1.54) is 0 Å². The topological polar surface area (TPSA) is 66.8 Å². The van der Waals surface area contributed by atoms with Gasteiger partial charge in [-0.2, -0.15) is 0 Å². The van der Waals surface area contributed by atoms with Gasteiger partial charge < -0.3 is 0 Å². The van der Waals surface area contributed by atoms with Crippen LogP contribution in [0.1, 0.15) is 12.5 Å². The van der Waals surface area contributed by atoms with Crippen LogP contribution in [0.4, 0.5) is 0 Å². The van der Waals surface area contributed by atoms with Gasteiger partial charge in [0.2, 0.25) is 0 Å². The summed E-state index contributed by atoms with van der Waals surface area (Å²) < 4.78 is 0. The highest BCUT2D eigenvalue weighted by atomic mass is 17.4. The van der Waals surface area contributed by atoms with Crippen molar-refractivity contribution in [2.75, 3.05) is 0 Å². The fraction of sp³-hybridized carbons (Fsp3) is 0.222. The smallest absolute Gasteiger partial charge is 0.134 e. The van der Waals surface area contributed by atoms with Crippen molar-refractivity contribution in [1.82, 2.24) is 0 Å². The zero-order valence-corrected chi connectivity index (χ0v) is 7.30. The number of benzene rings is 1. The number of Topliss-reactive ketones (excluding diaryl/α,β-unsaturated/α-hetero) is 1. The molecule has 0 spiro atoms. The molecule has 72 valence electrons. The lowest BCUT2D eigenvalue weighted by Gasteiger charge is -1.93. The van der Waals surface area contributed by atoms with Gasteiger partial charge in [0.1, 0.15) is 5.78 Å². The van der Waals surface area contributed by atoms with E-state index in [1.54, 1.807) is 6.92 Å². The first-order valence-electron chi connectivity index (χ1n) is 3.69. The summed E-state index contributed by atoms with van der Waals surface area (Å²) >= 11 is 0. The molecule has 0 radical (unpaired) electrons. The standard InChI is InChI=1S/C9H10O.H2O3/c1-8(10)7-9-5-3-2-4-6-9;1-3-2/h2-6H,7H2,1H3;1-2H. The highest BCUT2D eigenvalue weighted by Crippen LogP contribution is 1.98. The highest BCUT2D eigenvalue weighted by molar-refractivity contribution is 5.78. The maximum atomic E-state index is 10.6. The van der Waals surface area contributed by atoms with Gasteiger partial charge in [-0.3, -0.25) is 4.79 Å². The summed E-state index contributed by atoms with van der Waals surface area (Å²) in [5, 5.41) is 15.5. The van der Waals surface area contributed by atoms with Crippen LogP contribution >= 0.6 is 0 Å². The van der Waals surface area contributed by atoms with Crippen molar-refractivity contribution in [3.05, 3.63) is 35.9 Å². The van der Waals surface area contributed by atoms with Crippen LogP contribution in [0.15, 0.2) is 30.3 Å². The SMILES string of the molecule is CC(=O)Cc1ccccc1.OOO. The summed E-state index contributed by atoms with van der Waals surface area (Å²) in [4.78, 5) is 10.6. The highest BCUT2D eigenvalue weighted by Gasteiger charge is 1.93. The summed E-state index contributed by atoms with van der Waals surface area (Å²) in [6.45, 7) is 1.60. The number of hydrogen-bond acceptors (Lipinski definition) is 4. The van der Waals surface area contributed by atoms with E-state index in [0.29, 0.717) is 6.42 Å². The normalized spacial score (nSPS) is 8.54. The number of carbonyl (C=O) groups excluding carboxylic acids is 1. The van der Waals surface area contributed by atoms with Crippen LogP contribution in [-0.2, 0) is 16.3 Å². The Morgan fingerprint density at radius 1 is 1.31 bits per heavy atom. The summed E-state index contributed by atoms with van der Waals surface area (Å²) in [6.07, 6.45) is 0.556. The number of ketones is 1. The molecule has 0 aliphatic rings. The van der Waals surface area contributed by atoms with Crippen LogP contribution in [0.2, 0.25) is 0 Å². The molecule has 13 heavy (non-hydrogen) atoms. The van der Waals surface area contributed by atoms with E-state index in [0.717, 1.165) is 5.56 Å². The fourth-order valence-electron chi connectivity index (χ4n) is 0.883. The minimum absolute atomic E-state index is 0.214. The molecule has 1 aromatic rings. The lowest BCUT2D eigenvalue weighted by Crippen LogP contribution is -1.94. The fourth-order valence-corrected chi connectivity index (χ4v) is 0.883. The lowest BCUT2D eigenvalue weighted by atomic mass is 10.1. The molecule has 0 aliphatic heterocycles. The number of carbonyl (C=O) groups is 1. The van der Waals surface area contributed by atoms with Gasteiger partial charge in [0.25, 0.3) is 0 Å². The predicted octanol–water partition coefficient (Wildman–Crippen LogP) is 1.77. The van der Waals surface area contributed by atoms with Crippen LogP contribution < -0.4 is 0 Å². The summed E-state index contributed by atoms with van der Waals surface area (Å²) in [7, 11) is 0. The molecule has 0 saturated carbocycles. The van der Waals surface area contributed by atoms with Crippen molar-refractivity contribution < 1.29 is 20.3 Å². The van der Waals surface area contributed by atoms with Crippen LogP contribution in [0, 0.1) is 0 Å². The third kappa shape index (κ3) is 7.14. The quantitative estimate of drug-likeness (QED) is 0.543. The molecule has 1 rings (SSSR count). The van der Waals surface area contributed by atoms with E-state index in [4.69, 9.17) is 10.5 Å². The molecule has 0 saturated heterocycles. The molecular formula is C9H12O4. The molecule has 0 aromatic heterocycles. The van der Waals surface area contributed by atoms with Gasteiger partial charge in [-0.25, -0.2) is 10.5 Å². The second-order valence-electron chi connectivity index (χ2n) is 2.45.